The van der Waals surface area contributed by atoms with Crippen LogP contribution in [0.3, 0.4) is 0 Å². The smallest absolute Gasteiger partial charge is 0.318 e. The molecule has 26 heavy (non-hydrogen) atoms. The first kappa shape index (κ1) is 17.3. The molecule has 1 atom stereocenters. The average molecular weight is 349 g/mol. The fourth-order valence-electron chi connectivity index (χ4n) is 4.39. The van der Waals surface area contributed by atoms with Crippen LogP contribution in [0.1, 0.15) is 47.4 Å². The van der Waals surface area contributed by atoms with E-state index in [0.717, 1.165) is 36.9 Å². The molecular weight excluding hydrogens is 322 g/mol. The Morgan fingerprint density at radius 3 is 2.23 bits per heavy atom. The number of hydrogen-bond donors (Lipinski definition) is 0. The van der Waals surface area contributed by atoms with Crippen molar-refractivity contribution < 1.29 is 9.53 Å². The summed E-state index contributed by atoms with van der Waals surface area (Å²) in [6.07, 6.45) is 5.53. The molecule has 1 aliphatic carbocycles. The summed E-state index contributed by atoms with van der Waals surface area (Å²) in [5.74, 6) is -0.412. The number of carbonyl (C=O) groups excluding carboxylic acids is 1. The van der Waals surface area contributed by atoms with E-state index in [0.29, 0.717) is 12.6 Å². The van der Waals surface area contributed by atoms with Gasteiger partial charge >= 0.3 is 5.97 Å². The summed E-state index contributed by atoms with van der Waals surface area (Å²) in [4.78, 5) is 15.5. The zero-order chi connectivity index (χ0) is 17.9. The van der Waals surface area contributed by atoms with Crippen LogP contribution in [0.4, 0.5) is 0 Å². The number of ether oxygens (including phenoxy) is 1. The SMILES string of the molecule is CN1CCCC[C@H]1COC(=O)C1c2ccccc2CCc2ccccc21. The molecule has 3 heteroatoms. The third kappa shape index (κ3) is 3.41. The second kappa shape index (κ2) is 7.63. The highest BCUT2D eigenvalue weighted by Crippen LogP contribution is 2.35. The molecular formula is C23H27NO2. The normalized spacial score (nSPS) is 20.7. The lowest BCUT2D eigenvalue weighted by Crippen LogP contribution is -2.40. The van der Waals surface area contributed by atoms with Gasteiger partial charge in [0, 0.05) is 6.04 Å². The number of piperidine rings is 1. The van der Waals surface area contributed by atoms with Gasteiger partial charge in [-0.15, -0.1) is 0 Å². The minimum Gasteiger partial charge on any atom is -0.463 e. The van der Waals surface area contributed by atoms with Gasteiger partial charge < -0.3 is 9.64 Å². The molecule has 1 saturated heterocycles. The van der Waals surface area contributed by atoms with Crippen LogP contribution in [-0.4, -0.2) is 37.1 Å². The van der Waals surface area contributed by atoms with Gasteiger partial charge in [0.2, 0.25) is 0 Å². The molecule has 0 amide bonds. The van der Waals surface area contributed by atoms with Crippen LogP contribution in [-0.2, 0) is 22.4 Å². The first-order valence-electron chi connectivity index (χ1n) is 9.76. The molecule has 1 heterocycles. The Balaban J connectivity index is 1.61. The van der Waals surface area contributed by atoms with Crippen molar-refractivity contribution in [1.29, 1.82) is 0 Å². The van der Waals surface area contributed by atoms with Crippen molar-refractivity contribution in [3.05, 3.63) is 70.8 Å². The van der Waals surface area contributed by atoms with E-state index in [1.807, 2.05) is 12.1 Å². The van der Waals surface area contributed by atoms with Crippen LogP contribution in [0.5, 0.6) is 0 Å². The molecule has 2 aromatic rings. The van der Waals surface area contributed by atoms with Crippen LogP contribution >= 0.6 is 0 Å². The first-order valence-corrected chi connectivity index (χ1v) is 9.76. The lowest BCUT2D eigenvalue weighted by atomic mass is 9.88. The first-order chi connectivity index (χ1) is 12.7. The standard InChI is InChI=1S/C23H27NO2/c1-24-15-7-6-10-19(24)16-26-23(25)22-20-11-4-2-8-17(20)13-14-18-9-3-5-12-21(18)22/h2-5,8-9,11-12,19,22H,6-7,10,13-16H2,1H3/t19-/m0/s1. The van der Waals surface area contributed by atoms with Crippen molar-refractivity contribution in [2.45, 2.75) is 44.1 Å². The van der Waals surface area contributed by atoms with Crippen LogP contribution in [0.25, 0.3) is 0 Å². The number of fused-ring (bicyclic) bond motifs is 2. The monoisotopic (exact) mass is 349 g/mol. The van der Waals surface area contributed by atoms with Crippen molar-refractivity contribution >= 4 is 5.97 Å². The van der Waals surface area contributed by atoms with Gasteiger partial charge in [-0.05, 0) is 61.5 Å². The maximum Gasteiger partial charge on any atom is 0.318 e. The molecule has 1 fully saturated rings. The third-order valence-electron chi connectivity index (χ3n) is 5.97. The molecule has 2 aliphatic rings. The van der Waals surface area contributed by atoms with E-state index in [2.05, 4.69) is 48.3 Å². The Kier molecular flexibility index (Phi) is 5.07. The molecule has 0 unspecified atom stereocenters. The minimum atomic E-state index is -0.307. The largest absolute Gasteiger partial charge is 0.463 e. The van der Waals surface area contributed by atoms with E-state index < -0.39 is 0 Å². The maximum absolute atomic E-state index is 13.2. The summed E-state index contributed by atoms with van der Waals surface area (Å²) in [5.41, 5.74) is 4.75. The summed E-state index contributed by atoms with van der Waals surface area (Å²) in [5, 5.41) is 0. The van der Waals surface area contributed by atoms with Gasteiger partial charge in [0.25, 0.3) is 0 Å². The summed E-state index contributed by atoms with van der Waals surface area (Å²) < 4.78 is 5.88. The number of carbonyl (C=O) groups is 1. The Bertz CT molecular complexity index is 738. The summed E-state index contributed by atoms with van der Waals surface area (Å²) >= 11 is 0. The van der Waals surface area contributed by atoms with Crippen molar-refractivity contribution in [3.8, 4) is 0 Å². The van der Waals surface area contributed by atoms with Gasteiger partial charge in [-0.25, -0.2) is 0 Å². The Morgan fingerprint density at radius 2 is 1.62 bits per heavy atom. The molecule has 2 aromatic carbocycles. The van der Waals surface area contributed by atoms with Crippen molar-refractivity contribution in [2.75, 3.05) is 20.2 Å². The molecule has 1 aliphatic heterocycles. The van der Waals surface area contributed by atoms with Crippen LogP contribution in [0.2, 0.25) is 0 Å². The number of esters is 1. The number of rotatable bonds is 3. The molecule has 136 valence electrons. The molecule has 3 nitrogen and oxygen atoms in total. The van der Waals surface area contributed by atoms with Crippen LogP contribution in [0.15, 0.2) is 48.5 Å². The maximum atomic E-state index is 13.2. The van der Waals surface area contributed by atoms with Gasteiger partial charge in [-0.3, -0.25) is 4.79 Å². The molecule has 0 saturated carbocycles. The minimum absolute atomic E-state index is 0.106. The Labute approximate surface area is 156 Å². The fourth-order valence-corrected chi connectivity index (χ4v) is 4.39. The van der Waals surface area contributed by atoms with Gasteiger partial charge in [0.1, 0.15) is 12.5 Å². The zero-order valence-corrected chi connectivity index (χ0v) is 15.5. The predicted octanol–water partition coefficient (Wildman–Crippen LogP) is 3.94. The Hall–Kier alpha value is -2.13. The van der Waals surface area contributed by atoms with Crippen LogP contribution < -0.4 is 0 Å². The van der Waals surface area contributed by atoms with Gasteiger partial charge in [0.15, 0.2) is 0 Å². The predicted molar refractivity (Wildman–Crippen MR) is 103 cm³/mol. The number of nitrogens with zero attached hydrogens (tertiary/aromatic N) is 1. The van der Waals surface area contributed by atoms with Crippen molar-refractivity contribution in [2.24, 2.45) is 0 Å². The quantitative estimate of drug-likeness (QED) is 0.786. The average Bonchev–Trinajstić information content (AvgIpc) is 2.84. The van der Waals surface area contributed by atoms with E-state index in [9.17, 15) is 4.79 Å². The van der Waals surface area contributed by atoms with Gasteiger partial charge in [-0.1, -0.05) is 55.0 Å². The molecule has 0 spiro atoms. The van der Waals surface area contributed by atoms with E-state index in [-0.39, 0.29) is 11.9 Å². The van der Waals surface area contributed by atoms with Gasteiger partial charge in [-0.2, -0.15) is 0 Å². The number of aryl methyl sites for hydroxylation is 2. The number of likely N-dealkylation sites (tertiary alicyclic amines) is 1. The van der Waals surface area contributed by atoms with Gasteiger partial charge in [0.05, 0.1) is 0 Å². The van der Waals surface area contributed by atoms with Crippen molar-refractivity contribution in [3.63, 3.8) is 0 Å². The number of benzene rings is 2. The summed E-state index contributed by atoms with van der Waals surface area (Å²) in [6, 6.07) is 17.0. The zero-order valence-electron chi connectivity index (χ0n) is 15.5. The molecule has 0 bridgehead atoms. The van der Waals surface area contributed by atoms with Crippen molar-refractivity contribution in [1.82, 2.24) is 4.90 Å². The topological polar surface area (TPSA) is 29.5 Å². The highest BCUT2D eigenvalue weighted by molar-refractivity contribution is 5.83. The number of likely N-dealkylation sites (N-methyl/N-ethyl adjacent to an activating group) is 1. The lowest BCUT2D eigenvalue weighted by Gasteiger charge is -2.32. The number of hydrogen-bond acceptors (Lipinski definition) is 3. The molecule has 0 radical (unpaired) electrons. The molecule has 4 rings (SSSR count). The molecule has 0 aromatic heterocycles. The van der Waals surface area contributed by atoms with E-state index in [4.69, 9.17) is 4.74 Å². The summed E-state index contributed by atoms with van der Waals surface area (Å²) in [7, 11) is 2.13. The van der Waals surface area contributed by atoms with E-state index in [1.54, 1.807) is 0 Å². The molecule has 0 N–H and O–H groups in total. The highest BCUT2D eigenvalue weighted by Gasteiger charge is 2.31. The Morgan fingerprint density at radius 1 is 1.00 bits per heavy atom. The lowest BCUT2D eigenvalue weighted by molar-refractivity contribution is -0.146. The van der Waals surface area contributed by atoms with E-state index in [1.165, 1.54) is 24.0 Å². The van der Waals surface area contributed by atoms with Crippen LogP contribution in [0, 0.1) is 0 Å². The second-order valence-electron chi connectivity index (χ2n) is 7.59. The second-order valence-corrected chi connectivity index (χ2v) is 7.59. The summed E-state index contributed by atoms with van der Waals surface area (Å²) in [6.45, 7) is 1.59. The van der Waals surface area contributed by atoms with E-state index >= 15 is 0 Å². The third-order valence-corrected chi connectivity index (χ3v) is 5.97. The fraction of sp³-hybridized carbons (Fsp3) is 0.435. The highest BCUT2D eigenvalue weighted by atomic mass is 16.5.